The predicted octanol–water partition coefficient (Wildman–Crippen LogP) is 2.48. The van der Waals surface area contributed by atoms with Gasteiger partial charge in [-0.3, -0.25) is 4.79 Å². The van der Waals surface area contributed by atoms with Crippen molar-refractivity contribution >= 4 is 5.91 Å². The Hall–Kier alpha value is -1.71. The molecular formula is C15H21NO3. The van der Waals surface area contributed by atoms with E-state index in [2.05, 4.69) is 0 Å². The zero-order chi connectivity index (χ0) is 13.7. The van der Waals surface area contributed by atoms with E-state index in [1.165, 1.54) is 12.8 Å². The summed E-state index contributed by atoms with van der Waals surface area (Å²) >= 11 is 0. The van der Waals surface area contributed by atoms with Crippen LogP contribution in [-0.4, -0.2) is 35.6 Å². The molecule has 1 aromatic carbocycles. The molecule has 4 heteroatoms. The van der Waals surface area contributed by atoms with E-state index in [0.717, 1.165) is 25.9 Å². The van der Waals surface area contributed by atoms with Crippen LogP contribution in [0.15, 0.2) is 18.2 Å². The molecule has 1 fully saturated rings. The summed E-state index contributed by atoms with van der Waals surface area (Å²) in [4.78, 5) is 13.9. The highest BCUT2D eigenvalue weighted by Crippen LogP contribution is 2.25. The summed E-state index contributed by atoms with van der Waals surface area (Å²) in [6.45, 7) is 3.49. The van der Waals surface area contributed by atoms with Crippen molar-refractivity contribution in [2.75, 3.05) is 19.7 Å². The number of carbonyl (C=O) groups excluding carboxylic acids is 1. The van der Waals surface area contributed by atoms with Crippen LogP contribution >= 0.6 is 0 Å². The molecule has 2 rings (SSSR count). The van der Waals surface area contributed by atoms with E-state index in [1.54, 1.807) is 25.1 Å². The molecule has 0 aliphatic carbocycles. The first-order chi connectivity index (χ1) is 9.18. The van der Waals surface area contributed by atoms with Gasteiger partial charge in [-0.1, -0.05) is 18.9 Å². The van der Waals surface area contributed by atoms with Crippen LogP contribution in [-0.2, 0) is 4.79 Å². The smallest absolute Gasteiger partial charge is 0.260 e. The van der Waals surface area contributed by atoms with Gasteiger partial charge in [0.15, 0.2) is 6.61 Å². The molecule has 0 radical (unpaired) electrons. The van der Waals surface area contributed by atoms with Crippen LogP contribution in [0.5, 0.6) is 11.5 Å². The number of carbonyl (C=O) groups is 1. The molecule has 4 nitrogen and oxygen atoms in total. The lowest BCUT2D eigenvalue weighted by Gasteiger charge is -2.20. The molecule has 19 heavy (non-hydrogen) atoms. The normalized spacial score (nSPS) is 15.9. The number of nitrogens with zero attached hydrogens (tertiary/aromatic N) is 1. The SMILES string of the molecule is Cc1c(O)cccc1OCC(=O)N1CCCCCC1. The van der Waals surface area contributed by atoms with Crippen molar-refractivity contribution in [2.45, 2.75) is 32.6 Å². The number of ether oxygens (including phenoxy) is 1. The molecule has 0 aromatic heterocycles. The molecule has 1 aromatic rings. The number of aromatic hydroxyl groups is 1. The molecule has 1 aliphatic heterocycles. The number of rotatable bonds is 3. The van der Waals surface area contributed by atoms with Gasteiger partial charge < -0.3 is 14.7 Å². The van der Waals surface area contributed by atoms with Gasteiger partial charge >= 0.3 is 0 Å². The number of benzene rings is 1. The van der Waals surface area contributed by atoms with E-state index in [-0.39, 0.29) is 18.3 Å². The van der Waals surface area contributed by atoms with Crippen LogP contribution in [0.2, 0.25) is 0 Å². The number of hydrogen-bond acceptors (Lipinski definition) is 3. The Morgan fingerprint density at radius 1 is 1.26 bits per heavy atom. The minimum Gasteiger partial charge on any atom is -0.508 e. The molecule has 104 valence electrons. The predicted molar refractivity (Wildman–Crippen MR) is 73.4 cm³/mol. The highest BCUT2D eigenvalue weighted by molar-refractivity contribution is 5.77. The van der Waals surface area contributed by atoms with Crippen molar-refractivity contribution in [3.05, 3.63) is 23.8 Å². The Morgan fingerprint density at radius 2 is 1.95 bits per heavy atom. The summed E-state index contributed by atoms with van der Waals surface area (Å²) in [7, 11) is 0. The molecule has 1 heterocycles. The minimum atomic E-state index is 0.0321. The molecule has 1 saturated heterocycles. The third-order valence-electron chi connectivity index (χ3n) is 3.57. The summed E-state index contributed by atoms with van der Waals surface area (Å²) in [5, 5.41) is 9.58. The Labute approximate surface area is 114 Å². The average Bonchev–Trinajstić information content (AvgIpc) is 2.69. The second-order valence-corrected chi connectivity index (χ2v) is 4.98. The highest BCUT2D eigenvalue weighted by atomic mass is 16.5. The van der Waals surface area contributed by atoms with Crippen molar-refractivity contribution in [1.82, 2.24) is 4.90 Å². The van der Waals surface area contributed by atoms with Crippen LogP contribution < -0.4 is 4.74 Å². The van der Waals surface area contributed by atoms with Crippen molar-refractivity contribution in [3.63, 3.8) is 0 Å². The van der Waals surface area contributed by atoms with E-state index in [1.807, 2.05) is 4.90 Å². The molecule has 0 bridgehead atoms. The second-order valence-electron chi connectivity index (χ2n) is 4.98. The van der Waals surface area contributed by atoms with Crippen LogP contribution in [0.4, 0.5) is 0 Å². The van der Waals surface area contributed by atoms with Crippen molar-refractivity contribution in [2.24, 2.45) is 0 Å². The van der Waals surface area contributed by atoms with E-state index in [9.17, 15) is 9.90 Å². The fourth-order valence-corrected chi connectivity index (χ4v) is 2.31. The maximum atomic E-state index is 12.1. The van der Waals surface area contributed by atoms with Gasteiger partial charge in [-0.05, 0) is 31.9 Å². The first-order valence-corrected chi connectivity index (χ1v) is 6.87. The summed E-state index contributed by atoms with van der Waals surface area (Å²) in [5.41, 5.74) is 0.672. The number of likely N-dealkylation sites (tertiary alicyclic amines) is 1. The molecule has 0 spiro atoms. The van der Waals surface area contributed by atoms with E-state index >= 15 is 0 Å². The summed E-state index contributed by atoms with van der Waals surface area (Å²) < 4.78 is 5.52. The standard InChI is InChI=1S/C15H21NO3/c1-12-13(17)7-6-8-14(12)19-11-15(18)16-9-4-2-3-5-10-16/h6-8,17H,2-5,9-11H2,1H3. The molecule has 1 N–H and O–H groups in total. The van der Waals surface area contributed by atoms with Crippen molar-refractivity contribution in [1.29, 1.82) is 0 Å². The molecule has 0 unspecified atom stereocenters. The largest absolute Gasteiger partial charge is 0.508 e. The van der Waals surface area contributed by atoms with Crippen molar-refractivity contribution in [3.8, 4) is 11.5 Å². The molecule has 0 atom stereocenters. The molecule has 1 aliphatic rings. The Balaban J connectivity index is 1.90. The van der Waals surface area contributed by atoms with Crippen LogP contribution in [0.3, 0.4) is 0 Å². The van der Waals surface area contributed by atoms with Gasteiger partial charge in [-0.25, -0.2) is 0 Å². The van der Waals surface area contributed by atoms with E-state index in [0.29, 0.717) is 11.3 Å². The third-order valence-corrected chi connectivity index (χ3v) is 3.57. The van der Waals surface area contributed by atoms with Gasteiger partial charge in [0.2, 0.25) is 0 Å². The second kappa shape index (κ2) is 6.45. The lowest BCUT2D eigenvalue weighted by atomic mass is 10.2. The number of phenolic OH excluding ortho intramolecular Hbond substituents is 1. The Kier molecular flexibility index (Phi) is 4.66. The highest BCUT2D eigenvalue weighted by Gasteiger charge is 2.16. The van der Waals surface area contributed by atoms with E-state index < -0.39 is 0 Å². The van der Waals surface area contributed by atoms with Gasteiger partial charge in [0.25, 0.3) is 5.91 Å². The van der Waals surface area contributed by atoms with Gasteiger partial charge in [0.05, 0.1) is 0 Å². The quantitative estimate of drug-likeness (QED) is 0.911. The molecular weight excluding hydrogens is 242 g/mol. The Morgan fingerprint density at radius 3 is 2.63 bits per heavy atom. The van der Waals surface area contributed by atoms with Crippen LogP contribution in [0.25, 0.3) is 0 Å². The fourth-order valence-electron chi connectivity index (χ4n) is 2.31. The summed E-state index contributed by atoms with van der Waals surface area (Å²) in [6.07, 6.45) is 4.57. The monoisotopic (exact) mass is 263 g/mol. The summed E-state index contributed by atoms with van der Waals surface area (Å²) in [6, 6.07) is 5.09. The number of hydrogen-bond donors (Lipinski definition) is 1. The maximum Gasteiger partial charge on any atom is 0.260 e. The number of phenols is 1. The van der Waals surface area contributed by atoms with Gasteiger partial charge in [0.1, 0.15) is 11.5 Å². The van der Waals surface area contributed by atoms with Crippen LogP contribution in [0, 0.1) is 6.92 Å². The first kappa shape index (κ1) is 13.7. The lowest BCUT2D eigenvalue weighted by Crippen LogP contribution is -2.35. The van der Waals surface area contributed by atoms with Gasteiger partial charge in [-0.2, -0.15) is 0 Å². The molecule has 0 saturated carbocycles. The van der Waals surface area contributed by atoms with Gasteiger partial charge in [0, 0.05) is 18.7 Å². The zero-order valence-corrected chi connectivity index (χ0v) is 11.4. The third kappa shape index (κ3) is 3.63. The zero-order valence-electron chi connectivity index (χ0n) is 11.4. The molecule has 1 amide bonds. The average molecular weight is 263 g/mol. The first-order valence-electron chi connectivity index (χ1n) is 6.87. The van der Waals surface area contributed by atoms with Crippen molar-refractivity contribution < 1.29 is 14.6 Å². The summed E-state index contributed by atoms with van der Waals surface area (Å²) in [5.74, 6) is 0.799. The lowest BCUT2D eigenvalue weighted by molar-refractivity contribution is -0.133. The topological polar surface area (TPSA) is 49.8 Å². The maximum absolute atomic E-state index is 12.1. The van der Waals surface area contributed by atoms with Gasteiger partial charge in [-0.15, -0.1) is 0 Å². The fraction of sp³-hybridized carbons (Fsp3) is 0.533. The van der Waals surface area contributed by atoms with Crippen LogP contribution in [0.1, 0.15) is 31.2 Å². The number of amides is 1. The Bertz CT molecular complexity index is 437. The minimum absolute atomic E-state index is 0.0321. The van der Waals surface area contributed by atoms with E-state index in [4.69, 9.17) is 4.74 Å².